The first kappa shape index (κ1) is 16.4. The van der Waals surface area contributed by atoms with Crippen molar-refractivity contribution >= 4 is 40.4 Å². The number of hydrogen-bond donors (Lipinski definition) is 2. The van der Waals surface area contributed by atoms with Gasteiger partial charge < -0.3 is 10.2 Å². The lowest BCUT2D eigenvalue weighted by Crippen LogP contribution is -2.37. The Morgan fingerprint density at radius 1 is 1.24 bits per heavy atom. The molecule has 0 bridgehead atoms. The Kier molecular flexibility index (Phi) is 6.11. The molecule has 0 saturated carbocycles. The van der Waals surface area contributed by atoms with E-state index in [4.69, 9.17) is 0 Å². The van der Waals surface area contributed by atoms with Crippen LogP contribution in [0, 0.1) is 0 Å². The number of carbonyl (C=O) groups is 2. The van der Waals surface area contributed by atoms with Crippen molar-refractivity contribution < 1.29 is 9.59 Å². The second kappa shape index (κ2) is 7.84. The standard InChI is InChI=1S/C15H19BrN2O2S/c16-13-5-4-11(21)10-12(13)15(20)17-7-6-14(19)18-8-2-1-3-9-18/h4-5,10,21H,1-3,6-9H2,(H,17,20). The SMILES string of the molecule is O=C(NCCC(=O)N1CCCCC1)c1cc(S)ccc1Br. The average molecular weight is 371 g/mol. The molecule has 6 heteroatoms. The molecule has 0 spiro atoms. The van der Waals surface area contributed by atoms with Gasteiger partial charge in [0.1, 0.15) is 0 Å². The maximum Gasteiger partial charge on any atom is 0.252 e. The molecule has 0 radical (unpaired) electrons. The van der Waals surface area contributed by atoms with Crippen LogP contribution in [-0.4, -0.2) is 36.3 Å². The lowest BCUT2D eigenvalue weighted by atomic mass is 10.1. The minimum absolute atomic E-state index is 0.122. The van der Waals surface area contributed by atoms with Gasteiger partial charge in [-0.3, -0.25) is 9.59 Å². The van der Waals surface area contributed by atoms with Gasteiger partial charge in [-0.1, -0.05) is 0 Å². The molecule has 1 fully saturated rings. The van der Waals surface area contributed by atoms with E-state index in [9.17, 15) is 9.59 Å². The largest absolute Gasteiger partial charge is 0.351 e. The number of nitrogens with zero attached hydrogens (tertiary/aromatic N) is 1. The maximum absolute atomic E-state index is 12.1. The van der Waals surface area contributed by atoms with Crippen molar-refractivity contribution in [2.45, 2.75) is 30.6 Å². The van der Waals surface area contributed by atoms with Gasteiger partial charge in [-0.05, 0) is 53.4 Å². The molecule has 1 aliphatic rings. The molecule has 1 aromatic rings. The van der Waals surface area contributed by atoms with Crippen LogP contribution >= 0.6 is 28.6 Å². The minimum atomic E-state index is -0.191. The molecule has 1 saturated heterocycles. The predicted molar refractivity (Wildman–Crippen MR) is 88.8 cm³/mol. The van der Waals surface area contributed by atoms with E-state index in [1.807, 2.05) is 11.0 Å². The topological polar surface area (TPSA) is 49.4 Å². The number of carbonyl (C=O) groups excluding carboxylic acids is 2. The Morgan fingerprint density at radius 2 is 1.95 bits per heavy atom. The maximum atomic E-state index is 12.1. The van der Waals surface area contributed by atoms with E-state index in [1.54, 1.807) is 12.1 Å². The van der Waals surface area contributed by atoms with Gasteiger partial charge in [0.25, 0.3) is 5.91 Å². The van der Waals surface area contributed by atoms with E-state index in [0.29, 0.717) is 18.5 Å². The summed E-state index contributed by atoms with van der Waals surface area (Å²) in [6.45, 7) is 2.05. The van der Waals surface area contributed by atoms with Crippen molar-refractivity contribution in [2.24, 2.45) is 0 Å². The van der Waals surface area contributed by atoms with Crippen LogP contribution in [0.2, 0.25) is 0 Å². The summed E-state index contributed by atoms with van der Waals surface area (Å²) < 4.78 is 0.722. The first-order valence-electron chi connectivity index (χ1n) is 7.12. The van der Waals surface area contributed by atoms with Gasteiger partial charge in [-0.15, -0.1) is 12.6 Å². The van der Waals surface area contributed by atoms with Gasteiger partial charge in [0, 0.05) is 35.4 Å². The monoisotopic (exact) mass is 370 g/mol. The highest BCUT2D eigenvalue weighted by Gasteiger charge is 2.16. The van der Waals surface area contributed by atoms with Crippen LogP contribution in [0.1, 0.15) is 36.0 Å². The molecule has 1 N–H and O–H groups in total. The summed E-state index contributed by atoms with van der Waals surface area (Å²) >= 11 is 7.57. The summed E-state index contributed by atoms with van der Waals surface area (Å²) in [6.07, 6.45) is 3.72. The fourth-order valence-corrected chi connectivity index (χ4v) is 3.00. The van der Waals surface area contributed by atoms with E-state index >= 15 is 0 Å². The normalized spacial score (nSPS) is 14.9. The number of likely N-dealkylation sites (tertiary alicyclic amines) is 1. The first-order chi connectivity index (χ1) is 10.1. The zero-order valence-electron chi connectivity index (χ0n) is 11.8. The number of thiol groups is 1. The van der Waals surface area contributed by atoms with Crippen molar-refractivity contribution in [3.63, 3.8) is 0 Å². The Hall–Kier alpha value is -1.01. The number of benzene rings is 1. The first-order valence-corrected chi connectivity index (χ1v) is 8.36. The van der Waals surface area contributed by atoms with Crippen molar-refractivity contribution in [1.29, 1.82) is 0 Å². The lowest BCUT2D eigenvalue weighted by molar-refractivity contribution is -0.131. The molecule has 0 atom stereocenters. The molecule has 2 rings (SSSR count). The van der Waals surface area contributed by atoms with Gasteiger partial charge in [-0.2, -0.15) is 0 Å². The van der Waals surface area contributed by atoms with Gasteiger partial charge in [0.05, 0.1) is 5.56 Å². The highest BCUT2D eigenvalue weighted by molar-refractivity contribution is 9.10. The number of halogens is 1. The third-order valence-corrected chi connectivity index (χ3v) is 4.50. The van der Waals surface area contributed by atoms with Gasteiger partial charge >= 0.3 is 0 Å². The van der Waals surface area contributed by atoms with Crippen LogP contribution < -0.4 is 5.32 Å². The Morgan fingerprint density at radius 3 is 2.67 bits per heavy atom. The molecule has 1 heterocycles. The van der Waals surface area contributed by atoms with Crippen LogP contribution in [0.5, 0.6) is 0 Å². The fourth-order valence-electron chi connectivity index (χ4n) is 2.37. The third kappa shape index (κ3) is 4.74. The highest BCUT2D eigenvalue weighted by atomic mass is 79.9. The van der Waals surface area contributed by atoms with Crippen molar-refractivity contribution in [2.75, 3.05) is 19.6 Å². The molecule has 1 aromatic carbocycles. The Labute approximate surface area is 138 Å². The second-order valence-corrected chi connectivity index (χ2v) is 6.48. The van der Waals surface area contributed by atoms with E-state index < -0.39 is 0 Å². The average Bonchev–Trinajstić information content (AvgIpc) is 2.50. The number of piperidine rings is 1. The summed E-state index contributed by atoms with van der Waals surface area (Å²) in [7, 11) is 0. The Bertz CT molecular complexity index is 530. The second-order valence-electron chi connectivity index (χ2n) is 5.11. The van der Waals surface area contributed by atoms with E-state index in [-0.39, 0.29) is 11.8 Å². The summed E-state index contributed by atoms with van der Waals surface area (Å²) in [5, 5.41) is 2.79. The highest BCUT2D eigenvalue weighted by Crippen LogP contribution is 2.20. The van der Waals surface area contributed by atoms with Crippen molar-refractivity contribution in [1.82, 2.24) is 10.2 Å². The molecule has 0 aromatic heterocycles. The summed E-state index contributed by atoms with van der Waals surface area (Å²) in [4.78, 5) is 26.7. The molecule has 0 unspecified atom stereocenters. The van der Waals surface area contributed by atoms with Crippen LogP contribution in [-0.2, 0) is 4.79 Å². The summed E-state index contributed by atoms with van der Waals surface area (Å²) in [6, 6.07) is 5.30. The molecule has 0 aliphatic carbocycles. The number of amides is 2. The number of hydrogen-bond acceptors (Lipinski definition) is 3. The molecule has 1 aliphatic heterocycles. The molecule has 21 heavy (non-hydrogen) atoms. The van der Waals surface area contributed by atoms with Crippen molar-refractivity contribution in [3.8, 4) is 0 Å². The number of nitrogens with one attached hydrogen (secondary N) is 1. The smallest absolute Gasteiger partial charge is 0.252 e. The van der Waals surface area contributed by atoms with E-state index in [1.165, 1.54) is 6.42 Å². The van der Waals surface area contributed by atoms with Crippen molar-refractivity contribution in [3.05, 3.63) is 28.2 Å². The van der Waals surface area contributed by atoms with Crippen LogP contribution in [0.15, 0.2) is 27.6 Å². The Balaban J connectivity index is 1.81. The van der Waals surface area contributed by atoms with Crippen LogP contribution in [0.3, 0.4) is 0 Å². The minimum Gasteiger partial charge on any atom is -0.351 e. The van der Waals surface area contributed by atoms with Gasteiger partial charge in [-0.25, -0.2) is 0 Å². The fraction of sp³-hybridized carbons (Fsp3) is 0.467. The van der Waals surface area contributed by atoms with Crippen LogP contribution in [0.4, 0.5) is 0 Å². The van der Waals surface area contributed by atoms with E-state index in [0.717, 1.165) is 35.3 Å². The quantitative estimate of drug-likeness (QED) is 0.800. The molecule has 4 nitrogen and oxygen atoms in total. The van der Waals surface area contributed by atoms with E-state index in [2.05, 4.69) is 33.9 Å². The molecular weight excluding hydrogens is 352 g/mol. The van der Waals surface area contributed by atoms with Gasteiger partial charge in [0.15, 0.2) is 0 Å². The van der Waals surface area contributed by atoms with Gasteiger partial charge in [0.2, 0.25) is 5.91 Å². The van der Waals surface area contributed by atoms with Crippen LogP contribution in [0.25, 0.3) is 0 Å². The number of rotatable bonds is 4. The third-order valence-electron chi connectivity index (χ3n) is 3.53. The zero-order chi connectivity index (χ0) is 15.2. The summed E-state index contributed by atoms with van der Waals surface area (Å²) in [5.41, 5.74) is 0.535. The zero-order valence-corrected chi connectivity index (χ0v) is 14.3. The molecular formula is C15H19BrN2O2S. The summed E-state index contributed by atoms with van der Waals surface area (Å²) in [5.74, 6) is -0.0683. The molecule has 114 valence electrons. The predicted octanol–water partition coefficient (Wildman–Crippen LogP) is 2.87. The molecule has 2 amide bonds. The lowest BCUT2D eigenvalue weighted by Gasteiger charge is -2.26.